The van der Waals surface area contributed by atoms with Crippen molar-refractivity contribution in [2.45, 2.75) is 36.3 Å². The third-order valence-corrected chi connectivity index (χ3v) is 5.68. The van der Waals surface area contributed by atoms with Crippen molar-refractivity contribution in [2.24, 2.45) is 0 Å². The van der Waals surface area contributed by atoms with Crippen molar-refractivity contribution in [2.75, 3.05) is 23.3 Å². The second-order valence-corrected chi connectivity index (χ2v) is 8.01. The van der Waals surface area contributed by atoms with Gasteiger partial charge in [0.15, 0.2) is 0 Å². The predicted molar refractivity (Wildman–Crippen MR) is 110 cm³/mol. The van der Waals surface area contributed by atoms with E-state index in [9.17, 15) is 14.9 Å². The molecule has 1 fully saturated rings. The first-order valence-electron chi connectivity index (χ1n) is 9.10. The maximum atomic E-state index is 12.5. The molecule has 6 nitrogen and oxygen atoms in total. The zero-order valence-corrected chi connectivity index (χ0v) is 16.1. The number of nitrogens with one attached hydrogen (secondary N) is 1. The predicted octanol–water partition coefficient (Wildman–Crippen LogP) is 4.70. The molecule has 1 heterocycles. The van der Waals surface area contributed by atoms with Crippen LogP contribution >= 0.6 is 11.8 Å². The Balaban J connectivity index is 1.60. The lowest BCUT2D eigenvalue weighted by atomic mass is 10.1. The minimum absolute atomic E-state index is 0.0472. The van der Waals surface area contributed by atoms with Crippen molar-refractivity contribution in [3.63, 3.8) is 0 Å². The molecular weight excluding hydrogens is 362 g/mol. The van der Waals surface area contributed by atoms with Crippen LogP contribution in [0.2, 0.25) is 0 Å². The van der Waals surface area contributed by atoms with Gasteiger partial charge in [-0.15, -0.1) is 11.8 Å². The van der Waals surface area contributed by atoms with Crippen LogP contribution in [0.1, 0.15) is 26.2 Å². The Bertz CT molecular complexity index is 804. The summed E-state index contributed by atoms with van der Waals surface area (Å²) >= 11 is 1.38. The molecule has 0 saturated carbocycles. The number of carbonyl (C=O) groups is 1. The van der Waals surface area contributed by atoms with Crippen molar-refractivity contribution in [1.29, 1.82) is 0 Å². The number of nitrogens with zero attached hydrogens (tertiary/aromatic N) is 2. The smallest absolute Gasteiger partial charge is 0.269 e. The Hall–Kier alpha value is -2.54. The van der Waals surface area contributed by atoms with Gasteiger partial charge in [0.1, 0.15) is 0 Å². The van der Waals surface area contributed by atoms with E-state index in [1.807, 2.05) is 25.1 Å². The molecule has 1 atom stereocenters. The van der Waals surface area contributed by atoms with E-state index in [0.717, 1.165) is 29.4 Å². The fraction of sp³-hybridized carbons (Fsp3) is 0.350. The molecule has 0 aliphatic carbocycles. The van der Waals surface area contributed by atoms with E-state index in [-0.39, 0.29) is 16.8 Å². The van der Waals surface area contributed by atoms with Gasteiger partial charge in [-0.1, -0.05) is 6.07 Å². The number of nitro benzene ring substituents is 1. The third kappa shape index (κ3) is 5.23. The number of rotatable bonds is 6. The van der Waals surface area contributed by atoms with Gasteiger partial charge in [-0.3, -0.25) is 14.9 Å². The Morgan fingerprint density at radius 2 is 1.85 bits per heavy atom. The molecule has 0 radical (unpaired) electrons. The van der Waals surface area contributed by atoms with Gasteiger partial charge in [-0.05, 0) is 56.5 Å². The highest BCUT2D eigenvalue weighted by atomic mass is 32.2. The number of benzene rings is 2. The quantitative estimate of drug-likeness (QED) is 0.443. The molecule has 1 aliphatic rings. The van der Waals surface area contributed by atoms with Crippen LogP contribution in [0.4, 0.5) is 17.1 Å². The van der Waals surface area contributed by atoms with Gasteiger partial charge in [-0.2, -0.15) is 0 Å². The molecule has 27 heavy (non-hydrogen) atoms. The minimum atomic E-state index is -0.431. The van der Waals surface area contributed by atoms with Crippen LogP contribution in [-0.4, -0.2) is 29.2 Å². The lowest BCUT2D eigenvalue weighted by Crippen LogP contribution is -2.29. The summed E-state index contributed by atoms with van der Waals surface area (Å²) in [5, 5.41) is 13.4. The maximum absolute atomic E-state index is 12.5. The largest absolute Gasteiger partial charge is 0.371 e. The Morgan fingerprint density at radius 3 is 2.52 bits per heavy atom. The number of non-ortho nitro benzene ring substituents is 1. The molecular formula is C20H23N3O3S. The summed E-state index contributed by atoms with van der Waals surface area (Å²) in [7, 11) is 0. The molecule has 1 aliphatic heterocycles. The minimum Gasteiger partial charge on any atom is -0.371 e. The van der Waals surface area contributed by atoms with Crippen LogP contribution in [0.3, 0.4) is 0 Å². The molecule has 1 saturated heterocycles. The number of hydrogen-bond acceptors (Lipinski definition) is 5. The highest BCUT2D eigenvalue weighted by Gasteiger charge is 2.16. The van der Waals surface area contributed by atoms with Gasteiger partial charge in [0.25, 0.3) is 5.69 Å². The van der Waals surface area contributed by atoms with Crippen molar-refractivity contribution in [1.82, 2.24) is 0 Å². The number of amides is 1. The summed E-state index contributed by atoms with van der Waals surface area (Å²) in [5.41, 5.74) is 1.98. The molecule has 1 N–H and O–H groups in total. The van der Waals surface area contributed by atoms with E-state index < -0.39 is 4.92 Å². The summed E-state index contributed by atoms with van der Waals surface area (Å²) in [4.78, 5) is 26.0. The molecule has 0 bridgehead atoms. The number of thioether (sulfide) groups is 1. The molecule has 142 valence electrons. The van der Waals surface area contributed by atoms with E-state index in [4.69, 9.17) is 0 Å². The van der Waals surface area contributed by atoms with Crippen molar-refractivity contribution in [3.05, 3.63) is 58.6 Å². The average Bonchev–Trinajstić information content (AvgIpc) is 2.69. The first-order chi connectivity index (χ1) is 13.0. The standard InChI is InChI=1S/C20H23N3O3S/c1-15(27-19-10-8-17(9-11-19)23(25)26)20(24)21-16-6-5-7-18(14-16)22-12-3-2-4-13-22/h5-11,14-15H,2-4,12-13H2,1H3,(H,21,24). The fourth-order valence-corrected chi connectivity index (χ4v) is 3.95. The summed E-state index contributed by atoms with van der Waals surface area (Å²) in [6, 6.07) is 14.2. The fourth-order valence-electron chi connectivity index (χ4n) is 3.08. The van der Waals surface area contributed by atoms with Crippen molar-refractivity contribution >= 4 is 34.7 Å². The SMILES string of the molecule is CC(Sc1ccc([N+](=O)[O-])cc1)C(=O)Nc1cccc(N2CCCCC2)c1. The Morgan fingerprint density at radius 1 is 1.15 bits per heavy atom. The molecule has 0 aromatic heterocycles. The molecule has 2 aromatic rings. The Kier molecular flexibility index (Phi) is 6.34. The molecule has 0 spiro atoms. The second-order valence-electron chi connectivity index (χ2n) is 6.60. The monoisotopic (exact) mass is 385 g/mol. The van der Waals surface area contributed by atoms with Crippen LogP contribution in [0.25, 0.3) is 0 Å². The zero-order chi connectivity index (χ0) is 19.2. The van der Waals surface area contributed by atoms with Crippen LogP contribution in [0.15, 0.2) is 53.4 Å². The molecule has 1 unspecified atom stereocenters. The third-order valence-electron chi connectivity index (χ3n) is 4.56. The first kappa shape index (κ1) is 19.2. The number of carbonyl (C=O) groups excluding carboxylic acids is 1. The van der Waals surface area contributed by atoms with Gasteiger partial charge in [0.2, 0.25) is 5.91 Å². The first-order valence-corrected chi connectivity index (χ1v) is 9.98. The van der Waals surface area contributed by atoms with E-state index in [1.54, 1.807) is 12.1 Å². The summed E-state index contributed by atoms with van der Waals surface area (Å²) in [6.07, 6.45) is 3.70. The lowest BCUT2D eigenvalue weighted by molar-refractivity contribution is -0.384. The normalized spacial score (nSPS) is 15.2. The van der Waals surface area contributed by atoms with E-state index in [2.05, 4.69) is 16.3 Å². The summed E-state index contributed by atoms with van der Waals surface area (Å²) in [5.74, 6) is -0.0888. The van der Waals surface area contributed by atoms with Crippen molar-refractivity contribution < 1.29 is 9.72 Å². The van der Waals surface area contributed by atoms with Crippen molar-refractivity contribution in [3.8, 4) is 0 Å². The highest BCUT2D eigenvalue weighted by Crippen LogP contribution is 2.27. The molecule has 3 rings (SSSR count). The van der Waals surface area contributed by atoms with Crippen LogP contribution in [-0.2, 0) is 4.79 Å². The van der Waals surface area contributed by atoms with E-state index in [0.29, 0.717) is 0 Å². The van der Waals surface area contributed by atoms with Crippen LogP contribution in [0, 0.1) is 10.1 Å². The topological polar surface area (TPSA) is 75.5 Å². The van der Waals surface area contributed by atoms with Gasteiger partial charge < -0.3 is 10.2 Å². The van der Waals surface area contributed by atoms with E-state index in [1.165, 1.54) is 43.2 Å². The van der Waals surface area contributed by atoms with Crippen LogP contribution in [0.5, 0.6) is 0 Å². The van der Waals surface area contributed by atoms with E-state index >= 15 is 0 Å². The summed E-state index contributed by atoms with van der Waals surface area (Å²) < 4.78 is 0. The number of anilines is 2. The average molecular weight is 385 g/mol. The maximum Gasteiger partial charge on any atom is 0.269 e. The second kappa shape index (κ2) is 8.90. The Labute approximate surface area is 163 Å². The van der Waals surface area contributed by atoms with Crippen LogP contribution < -0.4 is 10.2 Å². The number of nitro groups is 1. The summed E-state index contributed by atoms with van der Waals surface area (Å²) in [6.45, 7) is 3.95. The zero-order valence-electron chi connectivity index (χ0n) is 15.3. The van der Waals surface area contributed by atoms with Gasteiger partial charge in [-0.25, -0.2) is 0 Å². The lowest BCUT2D eigenvalue weighted by Gasteiger charge is -2.29. The number of piperidine rings is 1. The van der Waals surface area contributed by atoms with Gasteiger partial charge in [0, 0.05) is 41.5 Å². The van der Waals surface area contributed by atoms with Gasteiger partial charge >= 0.3 is 0 Å². The molecule has 2 aromatic carbocycles. The number of hydrogen-bond donors (Lipinski definition) is 1. The highest BCUT2D eigenvalue weighted by molar-refractivity contribution is 8.00. The van der Waals surface area contributed by atoms with Gasteiger partial charge in [0.05, 0.1) is 10.2 Å². The molecule has 1 amide bonds. The molecule has 7 heteroatoms.